The molecule has 0 aromatic heterocycles. The number of carbonyl (C=O) groups excluding carboxylic acids is 1. The van der Waals surface area contributed by atoms with E-state index in [2.05, 4.69) is 86.7 Å². The van der Waals surface area contributed by atoms with Gasteiger partial charge < -0.3 is 15.2 Å². The Labute approximate surface area is 227 Å². The van der Waals surface area contributed by atoms with Crippen LogP contribution < -0.4 is 5.32 Å². The van der Waals surface area contributed by atoms with Crippen molar-refractivity contribution in [2.24, 2.45) is 11.8 Å². The monoisotopic (exact) mass is 513 g/mol. The molecule has 0 radical (unpaired) electrons. The fourth-order valence-corrected chi connectivity index (χ4v) is 6.93. The number of nitrogens with one attached hydrogen (secondary N) is 1. The molecule has 1 aliphatic carbocycles. The smallest absolute Gasteiger partial charge is 0.306 e. The lowest BCUT2D eigenvalue weighted by Gasteiger charge is -2.52. The van der Waals surface area contributed by atoms with E-state index in [9.17, 15) is 9.90 Å². The Kier molecular flexibility index (Phi) is 8.84. The SMILES string of the molecule is CC1(C)CC(OC(=O)CCc2cc(C(C)(C)C)c(O)c(C(C)(C)C)c2)C(CC2CCCCC2)C(C)(C)N1. The average Bonchev–Trinajstić information content (AvgIpc) is 2.73. The molecular weight excluding hydrogens is 458 g/mol. The molecule has 1 aromatic rings. The van der Waals surface area contributed by atoms with E-state index in [4.69, 9.17) is 4.74 Å². The van der Waals surface area contributed by atoms with E-state index in [1.165, 1.54) is 32.1 Å². The summed E-state index contributed by atoms with van der Waals surface area (Å²) < 4.78 is 6.33. The Morgan fingerprint density at radius 1 is 0.973 bits per heavy atom. The fraction of sp³-hybridized carbons (Fsp3) is 0.788. The Bertz CT molecular complexity index is 906. The number of ether oxygens (including phenoxy) is 1. The fourth-order valence-electron chi connectivity index (χ4n) is 6.93. The zero-order valence-electron chi connectivity index (χ0n) is 25.5. The first-order valence-corrected chi connectivity index (χ1v) is 14.7. The van der Waals surface area contributed by atoms with Gasteiger partial charge in [-0.1, -0.05) is 85.8 Å². The van der Waals surface area contributed by atoms with Gasteiger partial charge in [0, 0.05) is 29.8 Å². The molecule has 0 spiro atoms. The number of aromatic hydroxyl groups is 1. The summed E-state index contributed by atoms with van der Waals surface area (Å²) in [4.78, 5) is 13.3. The van der Waals surface area contributed by atoms with Crippen LogP contribution >= 0.6 is 0 Å². The van der Waals surface area contributed by atoms with Gasteiger partial charge in [-0.05, 0) is 74.0 Å². The first-order valence-electron chi connectivity index (χ1n) is 14.7. The van der Waals surface area contributed by atoms with Gasteiger partial charge in [-0.25, -0.2) is 0 Å². The van der Waals surface area contributed by atoms with Gasteiger partial charge in [-0.3, -0.25) is 4.79 Å². The second kappa shape index (κ2) is 10.9. The highest BCUT2D eigenvalue weighted by molar-refractivity contribution is 5.70. The van der Waals surface area contributed by atoms with Crippen LogP contribution in [-0.4, -0.2) is 28.3 Å². The number of hydrogen-bond acceptors (Lipinski definition) is 4. The maximum absolute atomic E-state index is 13.3. The lowest BCUT2D eigenvalue weighted by Crippen LogP contribution is -2.65. The van der Waals surface area contributed by atoms with Crippen LogP contribution in [0.2, 0.25) is 0 Å². The largest absolute Gasteiger partial charge is 0.507 e. The van der Waals surface area contributed by atoms with Crippen molar-refractivity contribution >= 4 is 5.97 Å². The molecule has 4 heteroatoms. The number of phenols is 1. The summed E-state index contributed by atoms with van der Waals surface area (Å²) in [5, 5.41) is 14.9. The second-order valence-corrected chi connectivity index (χ2v) is 15.3. The third-order valence-corrected chi connectivity index (χ3v) is 8.75. The van der Waals surface area contributed by atoms with Crippen molar-refractivity contribution in [3.05, 3.63) is 28.8 Å². The van der Waals surface area contributed by atoms with E-state index in [-0.39, 0.29) is 34.0 Å². The van der Waals surface area contributed by atoms with E-state index in [0.717, 1.165) is 35.4 Å². The quantitative estimate of drug-likeness (QED) is 0.379. The summed E-state index contributed by atoms with van der Waals surface area (Å²) in [6.07, 6.45) is 9.55. The number of phenolic OH excluding ortho intramolecular Hbond substituents is 1. The number of benzene rings is 1. The Morgan fingerprint density at radius 3 is 2.03 bits per heavy atom. The maximum atomic E-state index is 13.3. The predicted octanol–water partition coefficient (Wildman–Crippen LogP) is 7.97. The van der Waals surface area contributed by atoms with Crippen LogP contribution in [-0.2, 0) is 26.8 Å². The summed E-state index contributed by atoms with van der Waals surface area (Å²) in [5.74, 6) is 1.35. The van der Waals surface area contributed by atoms with Crippen LogP contribution in [0.4, 0.5) is 0 Å². The van der Waals surface area contributed by atoms with Gasteiger partial charge in [0.05, 0.1) is 0 Å². The minimum absolute atomic E-state index is 0.0595. The van der Waals surface area contributed by atoms with Crippen LogP contribution in [0.5, 0.6) is 5.75 Å². The van der Waals surface area contributed by atoms with Gasteiger partial charge in [-0.2, -0.15) is 0 Å². The third kappa shape index (κ3) is 7.74. The zero-order valence-corrected chi connectivity index (χ0v) is 25.5. The molecule has 37 heavy (non-hydrogen) atoms. The van der Waals surface area contributed by atoms with Crippen molar-refractivity contribution in [1.82, 2.24) is 5.32 Å². The average molecular weight is 514 g/mol. The number of hydrogen-bond donors (Lipinski definition) is 2. The minimum atomic E-state index is -0.181. The number of carbonyl (C=O) groups is 1. The standard InChI is InChI=1S/C33H55NO3/c1-30(2,3)25-19-23(20-26(29(25)36)31(4,5)6)16-17-28(35)37-27-21-32(7,8)34-33(9,10)24(27)18-22-14-12-11-13-15-22/h19-20,22,24,27,34,36H,11-18,21H2,1-10H3. The normalized spacial score (nSPS) is 24.6. The summed E-state index contributed by atoms with van der Waals surface area (Å²) >= 11 is 0. The van der Waals surface area contributed by atoms with Crippen molar-refractivity contribution < 1.29 is 14.6 Å². The van der Waals surface area contributed by atoms with Crippen molar-refractivity contribution in [2.75, 3.05) is 0 Å². The van der Waals surface area contributed by atoms with Crippen molar-refractivity contribution in [1.29, 1.82) is 0 Å². The summed E-state index contributed by atoms with van der Waals surface area (Å²) in [6, 6.07) is 4.17. The summed E-state index contributed by atoms with van der Waals surface area (Å²) in [7, 11) is 0. The van der Waals surface area contributed by atoms with Gasteiger partial charge in [0.2, 0.25) is 0 Å². The lowest BCUT2D eigenvalue weighted by atomic mass is 9.67. The Hall–Kier alpha value is -1.55. The van der Waals surface area contributed by atoms with Crippen molar-refractivity contribution in [3.8, 4) is 5.75 Å². The molecule has 4 nitrogen and oxygen atoms in total. The number of piperidine rings is 1. The van der Waals surface area contributed by atoms with E-state index < -0.39 is 0 Å². The van der Waals surface area contributed by atoms with Crippen LogP contribution in [0.3, 0.4) is 0 Å². The van der Waals surface area contributed by atoms with E-state index in [1.54, 1.807) is 0 Å². The van der Waals surface area contributed by atoms with Crippen LogP contribution in [0, 0.1) is 11.8 Å². The molecular formula is C33H55NO3. The molecule has 2 fully saturated rings. The Balaban J connectivity index is 1.76. The van der Waals surface area contributed by atoms with Gasteiger partial charge in [0.15, 0.2) is 0 Å². The second-order valence-electron chi connectivity index (χ2n) is 15.3. The number of rotatable bonds is 6. The van der Waals surface area contributed by atoms with Crippen LogP contribution in [0.1, 0.15) is 137 Å². The van der Waals surface area contributed by atoms with Crippen LogP contribution in [0.25, 0.3) is 0 Å². The topological polar surface area (TPSA) is 58.6 Å². The highest BCUT2D eigenvalue weighted by Gasteiger charge is 2.48. The van der Waals surface area contributed by atoms with E-state index >= 15 is 0 Å². The molecule has 2 N–H and O–H groups in total. The molecule has 1 aromatic carbocycles. The van der Waals surface area contributed by atoms with Crippen molar-refractivity contribution in [3.63, 3.8) is 0 Å². The molecule has 0 bridgehead atoms. The third-order valence-electron chi connectivity index (χ3n) is 8.75. The van der Waals surface area contributed by atoms with E-state index in [1.807, 2.05) is 0 Å². The first kappa shape index (κ1) is 30.0. The maximum Gasteiger partial charge on any atom is 0.306 e. The van der Waals surface area contributed by atoms with E-state index in [0.29, 0.717) is 24.5 Å². The molecule has 2 aliphatic rings. The summed E-state index contributed by atoms with van der Waals surface area (Å²) in [6.45, 7) is 21.8. The number of aryl methyl sites for hydroxylation is 1. The molecule has 2 unspecified atom stereocenters. The lowest BCUT2D eigenvalue weighted by molar-refractivity contribution is -0.159. The first-order chi connectivity index (χ1) is 16.9. The minimum Gasteiger partial charge on any atom is -0.507 e. The molecule has 1 aliphatic heterocycles. The van der Waals surface area contributed by atoms with Gasteiger partial charge >= 0.3 is 5.97 Å². The van der Waals surface area contributed by atoms with Crippen molar-refractivity contribution in [2.45, 2.75) is 155 Å². The molecule has 210 valence electrons. The molecule has 0 amide bonds. The zero-order chi connectivity index (χ0) is 27.8. The van der Waals surface area contributed by atoms with Crippen LogP contribution in [0.15, 0.2) is 12.1 Å². The summed E-state index contributed by atoms with van der Waals surface area (Å²) in [5.41, 5.74) is 2.46. The van der Waals surface area contributed by atoms with Gasteiger partial charge in [0.25, 0.3) is 0 Å². The predicted molar refractivity (Wildman–Crippen MR) is 154 cm³/mol. The highest BCUT2D eigenvalue weighted by Crippen LogP contribution is 2.42. The van der Waals surface area contributed by atoms with Gasteiger partial charge in [-0.15, -0.1) is 0 Å². The van der Waals surface area contributed by atoms with Gasteiger partial charge in [0.1, 0.15) is 11.9 Å². The number of esters is 1. The Morgan fingerprint density at radius 2 is 1.51 bits per heavy atom. The molecule has 1 heterocycles. The highest BCUT2D eigenvalue weighted by atomic mass is 16.5. The molecule has 1 saturated carbocycles. The molecule has 1 saturated heterocycles. The molecule has 3 rings (SSSR count). The molecule has 2 atom stereocenters.